The van der Waals surface area contributed by atoms with Gasteiger partial charge in [-0.3, -0.25) is 0 Å². The van der Waals surface area contributed by atoms with Crippen molar-refractivity contribution >= 4 is 45.1 Å². The molecule has 1 heterocycles. The second kappa shape index (κ2) is 3.77. The summed E-state index contributed by atoms with van der Waals surface area (Å²) in [5.74, 6) is 0.494. The molecule has 0 saturated heterocycles. The molecule has 0 radical (unpaired) electrons. The molecule has 0 aliphatic rings. The van der Waals surface area contributed by atoms with E-state index in [0.717, 1.165) is 0 Å². The van der Waals surface area contributed by atoms with E-state index in [9.17, 15) is 0 Å². The van der Waals surface area contributed by atoms with Gasteiger partial charge in [0.25, 0.3) is 0 Å². The Hall–Kier alpha value is -0.0600. The summed E-state index contributed by atoms with van der Waals surface area (Å²) in [7, 11) is 3.63. The number of nitrogens with zero attached hydrogens (tertiary/aromatic N) is 3. The van der Waals surface area contributed by atoms with Gasteiger partial charge in [0.15, 0.2) is 0 Å². The third-order valence-electron chi connectivity index (χ3n) is 1.16. The van der Waals surface area contributed by atoms with Crippen LogP contribution in [0.5, 0.6) is 0 Å². The standard InChI is InChI=1S/C6H6BrCl2N3/c1-12(2)6-10-4(8)3(7)5(9)11-6/h1-2H3. The first-order chi connectivity index (χ1) is 5.52. The lowest BCUT2D eigenvalue weighted by atomic mass is 10.6. The molecule has 6 heteroatoms. The lowest BCUT2D eigenvalue weighted by molar-refractivity contribution is 0.994. The SMILES string of the molecule is CN(C)c1nc(Cl)c(Br)c(Cl)n1. The maximum absolute atomic E-state index is 5.75. The van der Waals surface area contributed by atoms with Gasteiger partial charge in [0, 0.05) is 14.1 Å². The molecule has 1 aromatic heterocycles. The van der Waals surface area contributed by atoms with E-state index in [2.05, 4.69) is 25.9 Å². The lowest BCUT2D eigenvalue weighted by Gasteiger charge is -2.10. The molecule has 0 N–H and O–H groups in total. The van der Waals surface area contributed by atoms with Gasteiger partial charge in [-0.2, -0.15) is 9.97 Å². The van der Waals surface area contributed by atoms with Crippen LogP contribution in [-0.2, 0) is 0 Å². The third-order valence-corrected chi connectivity index (χ3v) is 2.91. The molecule has 0 bridgehead atoms. The van der Waals surface area contributed by atoms with Crippen molar-refractivity contribution in [2.75, 3.05) is 19.0 Å². The zero-order valence-corrected chi connectivity index (χ0v) is 9.57. The number of hydrogen-bond donors (Lipinski definition) is 0. The van der Waals surface area contributed by atoms with E-state index >= 15 is 0 Å². The second-order valence-corrected chi connectivity index (χ2v) is 3.82. The fraction of sp³-hybridized carbons (Fsp3) is 0.333. The van der Waals surface area contributed by atoms with Gasteiger partial charge in [-0.05, 0) is 15.9 Å². The van der Waals surface area contributed by atoms with Gasteiger partial charge < -0.3 is 4.90 Å². The highest BCUT2D eigenvalue weighted by Crippen LogP contribution is 2.28. The molecule has 0 aliphatic heterocycles. The maximum Gasteiger partial charge on any atom is 0.227 e. The highest BCUT2D eigenvalue weighted by molar-refractivity contribution is 9.10. The van der Waals surface area contributed by atoms with Crippen LogP contribution in [0, 0.1) is 0 Å². The average molecular weight is 271 g/mol. The van der Waals surface area contributed by atoms with Crippen LogP contribution in [0.3, 0.4) is 0 Å². The Balaban J connectivity index is 3.21. The molecule has 0 aliphatic carbocycles. The van der Waals surface area contributed by atoms with Crippen molar-refractivity contribution < 1.29 is 0 Å². The van der Waals surface area contributed by atoms with Crippen molar-refractivity contribution in [1.29, 1.82) is 0 Å². The summed E-state index contributed by atoms with van der Waals surface area (Å²) in [5.41, 5.74) is 0. The zero-order valence-electron chi connectivity index (χ0n) is 6.48. The largest absolute Gasteiger partial charge is 0.347 e. The van der Waals surface area contributed by atoms with Crippen LogP contribution in [0.15, 0.2) is 4.47 Å². The summed E-state index contributed by atoms with van der Waals surface area (Å²) in [6.07, 6.45) is 0. The number of halogens is 3. The van der Waals surface area contributed by atoms with Crippen molar-refractivity contribution in [3.05, 3.63) is 14.8 Å². The van der Waals surface area contributed by atoms with Gasteiger partial charge in [0.1, 0.15) is 10.3 Å². The molecule has 12 heavy (non-hydrogen) atoms. The predicted molar refractivity (Wildman–Crippen MR) is 54.1 cm³/mol. The highest BCUT2D eigenvalue weighted by atomic mass is 79.9. The van der Waals surface area contributed by atoms with Crippen LogP contribution in [0.25, 0.3) is 0 Å². The van der Waals surface area contributed by atoms with Crippen molar-refractivity contribution in [3.63, 3.8) is 0 Å². The Kier molecular flexibility index (Phi) is 3.15. The number of hydrogen-bond acceptors (Lipinski definition) is 3. The molecule has 0 saturated carbocycles. The molecule has 0 atom stereocenters. The molecule has 3 nitrogen and oxygen atoms in total. The summed E-state index contributed by atoms with van der Waals surface area (Å²) in [4.78, 5) is 9.69. The van der Waals surface area contributed by atoms with E-state index < -0.39 is 0 Å². The predicted octanol–water partition coefficient (Wildman–Crippen LogP) is 2.61. The molecular formula is C6H6BrCl2N3. The summed E-state index contributed by atoms with van der Waals surface area (Å²) in [5, 5.41) is 0.636. The Bertz CT molecular complexity index is 280. The first-order valence-corrected chi connectivity index (χ1v) is 4.63. The van der Waals surface area contributed by atoms with Crippen molar-refractivity contribution in [2.45, 2.75) is 0 Å². The van der Waals surface area contributed by atoms with Gasteiger partial charge in [-0.1, -0.05) is 23.2 Å². The average Bonchev–Trinajstić information content (AvgIpc) is 1.99. The fourth-order valence-electron chi connectivity index (χ4n) is 0.584. The Morgan fingerprint density at radius 2 is 1.58 bits per heavy atom. The van der Waals surface area contributed by atoms with E-state index in [1.165, 1.54) is 0 Å². The molecule has 0 unspecified atom stereocenters. The van der Waals surface area contributed by atoms with Gasteiger partial charge in [-0.15, -0.1) is 0 Å². The van der Waals surface area contributed by atoms with E-state index in [-0.39, 0.29) is 0 Å². The van der Waals surface area contributed by atoms with E-state index in [1.54, 1.807) is 4.90 Å². The fourth-order valence-corrected chi connectivity index (χ4v) is 1.14. The van der Waals surface area contributed by atoms with Gasteiger partial charge in [0.2, 0.25) is 5.95 Å². The highest BCUT2D eigenvalue weighted by Gasteiger charge is 2.09. The number of aromatic nitrogens is 2. The first kappa shape index (κ1) is 10.0. The van der Waals surface area contributed by atoms with Crippen LogP contribution >= 0.6 is 39.1 Å². The maximum atomic E-state index is 5.75. The number of rotatable bonds is 1. The molecule has 1 aromatic rings. The molecule has 1 rings (SSSR count). The molecule has 0 fully saturated rings. The van der Waals surface area contributed by atoms with Gasteiger partial charge in [-0.25, -0.2) is 0 Å². The minimum absolute atomic E-state index is 0.318. The lowest BCUT2D eigenvalue weighted by Crippen LogP contribution is -2.12. The zero-order chi connectivity index (χ0) is 9.30. The molecule has 0 spiro atoms. The smallest absolute Gasteiger partial charge is 0.227 e. The normalized spacial score (nSPS) is 10.1. The molecule has 66 valence electrons. The molecule has 0 amide bonds. The summed E-state index contributed by atoms with van der Waals surface area (Å²) in [6, 6.07) is 0. The van der Waals surface area contributed by atoms with Crippen molar-refractivity contribution in [3.8, 4) is 0 Å². The Morgan fingerprint density at radius 1 is 1.17 bits per heavy atom. The summed E-state index contributed by atoms with van der Waals surface area (Å²) in [6.45, 7) is 0. The quantitative estimate of drug-likeness (QED) is 0.735. The Morgan fingerprint density at radius 3 is 1.92 bits per heavy atom. The van der Waals surface area contributed by atoms with Crippen LogP contribution in [0.4, 0.5) is 5.95 Å². The monoisotopic (exact) mass is 269 g/mol. The Labute approximate surface area is 88.8 Å². The molecule has 0 aromatic carbocycles. The van der Waals surface area contributed by atoms with E-state index in [4.69, 9.17) is 23.2 Å². The summed E-state index contributed by atoms with van der Waals surface area (Å²) >= 11 is 14.7. The minimum atomic E-state index is 0.318. The van der Waals surface area contributed by atoms with Crippen molar-refractivity contribution in [2.24, 2.45) is 0 Å². The first-order valence-electron chi connectivity index (χ1n) is 3.08. The number of anilines is 1. The van der Waals surface area contributed by atoms with Gasteiger partial charge in [0.05, 0.1) is 4.47 Å². The topological polar surface area (TPSA) is 29.0 Å². The van der Waals surface area contributed by atoms with E-state index in [1.807, 2.05) is 14.1 Å². The van der Waals surface area contributed by atoms with Crippen LogP contribution in [0.1, 0.15) is 0 Å². The third kappa shape index (κ3) is 2.00. The van der Waals surface area contributed by atoms with E-state index in [0.29, 0.717) is 20.7 Å². The van der Waals surface area contributed by atoms with Crippen LogP contribution in [0.2, 0.25) is 10.3 Å². The summed E-state index contributed by atoms with van der Waals surface area (Å²) < 4.78 is 0.524. The minimum Gasteiger partial charge on any atom is -0.347 e. The van der Waals surface area contributed by atoms with Crippen LogP contribution < -0.4 is 4.90 Å². The van der Waals surface area contributed by atoms with Crippen LogP contribution in [-0.4, -0.2) is 24.1 Å². The van der Waals surface area contributed by atoms with Crippen molar-refractivity contribution in [1.82, 2.24) is 9.97 Å². The van der Waals surface area contributed by atoms with Gasteiger partial charge >= 0.3 is 0 Å². The molecular weight excluding hydrogens is 265 g/mol. The second-order valence-electron chi connectivity index (χ2n) is 2.31.